The third-order valence-corrected chi connectivity index (χ3v) is 3.99. The number of Topliss-reactive ketones (excluding diaryl/α,β-unsaturated/α-hetero) is 1. The van der Waals surface area contributed by atoms with E-state index in [0.29, 0.717) is 17.9 Å². The lowest BCUT2D eigenvalue weighted by Crippen LogP contribution is -2.26. The summed E-state index contributed by atoms with van der Waals surface area (Å²) in [4.78, 5) is 26.2. The van der Waals surface area contributed by atoms with E-state index in [1.807, 2.05) is 0 Å². The summed E-state index contributed by atoms with van der Waals surface area (Å²) >= 11 is 0. The molecule has 1 aliphatic heterocycles. The maximum Gasteiger partial charge on any atom is 0.289 e. The van der Waals surface area contributed by atoms with Crippen molar-refractivity contribution in [3.63, 3.8) is 0 Å². The van der Waals surface area contributed by atoms with Crippen LogP contribution in [0, 0.1) is 0 Å². The Kier molecular flexibility index (Phi) is 4.43. The molecule has 0 bridgehead atoms. The molecule has 1 N–H and O–H groups in total. The van der Waals surface area contributed by atoms with Crippen LogP contribution in [0.1, 0.15) is 22.2 Å². The van der Waals surface area contributed by atoms with Crippen LogP contribution >= 0.6 is 0 Å². The number of hydrogen-bond acceptors (Lipinski definition) is 5. The van der Waals surface area contributed by atoms with Gasteiger partial charge in [-0.05, 0) is 29.8 Å². The first kappa shape index (κ1) is 16.6. The molecule has 1 aliphatic rings. The molecule has 2 aromatic rings. The predicted molar refractivity (Wildman–Crippen MR) is 90.3 cm³/mol. The van der Waals surface area contributed by atoms with E-state index in [-0.39, 0.29) is 11.3 Å². The van der Waals surface area contributed by atoms with E-state index in [4.69, 9.17) is 9.15 Å². The number of nitrogens with zero attached hydrogens (tertiary/aromatic N) is 1. The molecular formula is C19H17NO5. The van der Waals surface area contributed by atoms with Gasteiger partial charge in [0.25, 0.3) is 5.91 Å². The summed E-state index contributed by atoms with van der Waals surface area (Å²) in [7, 11) is 1.54. The number of aliphatic hydroxyl groups is 1. The molecule has 1 atom stereocenters. The normalized spacial score (nSPS) is 17.1. The second-order valence-corrected chi connectivity index (χ2v) is 5.56. The highest BCUT2D eigenvalue weighted by Crippen LogP contribution is 2.38. The van der Waals surface area contributed by atoms with Gasteiger partial charge in [0.05, 0.1) is 17.9 Å². The third kappa shape index (κ3) is 2.94. The molecule has 0 radical (unpaired) electrons. The fraction of sp³-hybridized carbons (Fsp3) is 0.158. The number of aliphatic hydroxyl groups excluding tert-OH is 1. The van der Waals surface area contributed by atoms with Crippen LogP contribution in [0.3, 0.4) is 0 Å². The maximum absolute atomic E-state index is 12.7. The molecule has 6 nitrogen and oxygen atoms in total. The van der Waals surface area contributed by atoms with E-state index in [1.165, 1.54) is 24.3 Å². The molecule has 1 unspecified atom stereocenters. The number of benzene rings is 1. The number of furan rings is 1. The SMILES string of the molecule is C=CCOc1ccc(C2C(C(=O)c3ccco3)=C(O)C(=O)N2C)cc1. The number of rotatable bonds is 6. The van der Waals surface area contributed by atoms with Crippen LogP contribution < -0.4 is 4.74 Å². The van der Waals surface area contributed by atoms with Crippen LogP contribution in [0.15, 0.2) is 71.1 Å². The molecular weight excluding hydrogens is 322 g/mol. The molecule has 0 fully saturated rings. The van der Waals surface area contributed by atoms with Crippen LogP contribution in [-0.4, -0.2) is 35.4 Å². The van der Waals surface area contributed by atoms with Crippen molar-refractivity contribution in [1.29, 1.82) is 0 Å². The summed E-state index contributed by atoms with van der Waals surface area (Å²) in [5.74, 6) is -0.965. The molecule has 1 aromatic carbocycles. The zero-order chi connectivity index (χ0) is 18.0. The van der Waals surface area contributed by atoms with Gasteiger partial charge in [0, 0.05) is 7.05 Å². The third-order valence-electron chi connectivity index (χ3n) is 3.99. The van der Waals surface area contributed by atoms with Crippen molar-refractivity contribution in [2.45, 2.75) is 6.04 Å². The van der Waals surface area contributed by atoms with E-state index in [2.05, 4.69) is 6.58 Å². The van der Waals surface area contributed by atoms with Gasteiger partial charge in [-0.15, -0.1) is 0 Å². The van der Waals surface area contributed by atoms with E-state index in [1.54, 1.807) is 36.4 Å². The Balaban J connectivity index is 1.96. The Morgan fingerprint density at radius 1 is 1.36 bits per heavy atom. The number of carbonyl (C=O) groups excluding carboxylic acids is 2. The summed E-state index contributed by atoms with van der Waals surface area (Å²) in [5.41, 5.74) is 0.683. The van der Waals surface area contributed by atoms with Crippen molar-refractivity contribution in [3.8, 4) is 5.75 Å². The standard InChI is InChI=1S/C19H17NO5/c1-3-10-24-13-8-6-12(7-9-13)16-15(18(22)19(23)20(16)2)17(21)14-5-4-11-25-14/h3-9,11,16,22H,1,10H2,2H3. The van der Waals surface area contributed by atoms with Crippen LogP contribution in [0.4, 0.5) is 0 Å². The highest BCUT2D eigenvalue weighted by Gasteiger charge is 2.42. The van der Waals surface area contributed by atoms with Gasteiger partial charge in [-0.25, -0.2) is 0 Å². The summed E-state index contributed by atoms with van der Waals surface area (Å²) < 4.78 is 10.6. The lowest BCUT2D eigenvalue weighted by Gasteiger charge is -2.22. The summed E-state index contributed by atoms with van der Waals surface area (Å²) in [5, 5.41) is 10.2. The highest BCUT2D eigenvalue weighted by atomic mass is 16.5. The fourth-order valence-electron chi connectivity index (χ4n) is 2.79. The van der Waals surface area contributed by atoms with Crippen LogP contribution in [0.5, 0.6) is 5.75 Å². The Hall–Kier alpha value is -3.28. The predicted octanol–water partition coefficient (Wildman–Crippen LogP) is 3.05. The number of ketones is 1. The molecule has 3 rings (SSSR count). The smallest absolute Gasteiger partial charge is 0.289 e. The molecule has 2 heterocycles. The molecule has 0 saturated heterocycles. The van der Waals surface area contributed by atoms with E-state index >= 15 is 0 Å². The quantitative estimate of drug-likeness (QED) is 0.646. The van der Waals surface area contributed by atoms with E-state index < -0.39 is 23.5 Å². The summed E-state index contributed by atoms with van der Waals surface area (Å²) in [6.45, 7) is 3.97. The van der Waals surface area contributed by atoms with Gasteiger partial charge in [0.15, 0.2) is 11.5 Å². The van der Waals surface area contributed by atoms with Gasteiger partial charge in [-0.2, -0.15) is 0 Å². The first-order chi connectivity index (χ1) is 12.0. The lowest BCUT2D eigenvalue weighted by atomic mass is 9.95. The van der Waals surface area contributed by atoms with Crippen molar-refractivity contribution in [3.05, 3.63) is 78.0 Å². The molecule has 0 saturated carbocycles. The summed E-state index contributed by atoms with van der Waals surface area (Å²) in [6.07, 6.45) is 3.00. The first-order valence-corrected chi connectivity index (χ1v) is 7.66. The largest absolute Gasteiger partial charge is 0.503 e. The minimum atomic E-state index is -0.696. The molecule has 1 amide bonds. The second-order valence-electron chi connectivity index (χ2n) is 5.56. The lowest BCUT2D eigenvalue weighted by molar-refractivity contribution is -0.128. The number of hydrogen-bond donors (Lipinski definition) is 1. The average Bonchev–Trinajstić information content (AvgIpc) is 3.23. The summed E-state index contributed by atoms with van der Waals surface area (Å²) in [6, 6.07) is 9.35. The van der Waals surface area contributed by atoms with E-state index in [0.717, 1.165) is 0 Å². The highest BCUT2D eigenvalue weighted by molar-refractivity contribution is 6.14. The number of carbonyl (C=O) groups is 2. The van der Waals surface area contributed by atoms with Crippen molar-refractivity contribution in [1.82, 2.24) is 4.90 Å². The Morgan fingerprint density at radius 2 is 2.08 bits per heavy atom. The molecule has 0 aliphatic carbocycles. The van der Waals surface area contributed by atoms with Gasteiger partial charge in [0.2, 0.25) is 5.78 Å². The Bertz CT molecular complexity index is 833. The van der Waals surface area contributed by atoms with Crippen LogP contribution in [-0.2, 0) is 4.79 Å². The van der Waals surface area contributed by atoms with Gasteiger partial charge < -0.3 is 19.2 Å². The molecule has 6 heteroatoms. The Labute approximate surface area is 144 Å². The molecule has 0 spiro atoms. The van der Waals surface area contributed by atoms with E-state index in [9.17, 15) is 14.7 Å². The van der Waals surface area contributed by atoms with Gasteiger partial charge in [-0.1, -0.05) is 24.8 Å². The van der Waals surface area contributed by atoms with Gasteiger partial charge in [-0.3, -0.25) is 9.59 Å². The zero-order valence-electron chi connectivity index (χ0n) is 13.6. The first-order valence-electron chi connectivity index (χ1n) is 7.66. The number of ether oxygens (including phenoxy) is 1. The Morgan fingerprint density at radius 3 is 2.68 bits per heavy atom. The van der Waals surface area contributed by atoms with Crippen LogP contribution in [0.25, 0.3) is 0 Å². The molecule has 128 valence electrons. The molecule has 25 heavy (non-hydrogen) atoms. The van der Waals surface area contributed by atoms with Crippen LogP contribution in [0.2, 0.25) is 0 Å². The second kappa shape index (κ2) is 6.68. The minimum Gasteiger partial charge on any atom is -0.503 e. The zero-order valence-corrected chi connectivity index (χ0v) is 13.6. The fourth-order valence-corrected chi connectivity index (χ4v) is 2.79. The minimum absolute atomic E-state index is 0.00205. The number of likely N-dealkylation sites (N-methyl/N-ethyl adjacent to an activating group) is 1. The monoisotopic (exact) mass is 339 g/mol. The van der Waals surface area contributed by atoms with Crippen molar-refractivity contribution in [2.24, 2.45) is 0 Å². The maximum atomic E-state index is 12.7. The van der Waals surface area contributed by atoms with Crippen molar-refractivity contribution < 1.29 is 23.8 Å². The number of amides is 1. The topological polar surface area (TPSA) is 80.0 Å². The van der Waals surface area contributed by atoms with Gasteiger partial charge >= 0.3 is 0 Å². The van der Waals surface area contributed by atoms with Gasteiger partial charge in [0.1, 0.15) is 12.4 Å². The van der Waals surface area contributed by atoms with Crippen molar-refractivity contribution >= 4 is 11.7 Å². The molecule has 1 aromatic heterocycles. The van der Waals surface area contributed by atoms with Crippen molar-refractivity contribution in [2.75, 3.05) is 13.7 Å². The average molecular weight is 339 g/mol.